The van der Waals surface area contributed by atoms with Gasteiger partial charge in [0.1, 0.15) is 0 Å². The Balaban J connectivity index is 0.000000324. The van der Waals surface area contributed by atoms with Crippen molar-refractivity contribution in [3.8, 4) is 33.5 Å². The van der Waals surface area contributed by atoms with E-state index in [4.69, 9.17) is 4.98 Å². The number of pyridine rings is 1. The molecule has 4 aromatic rings. The van der Waals surface area contributed by atoms with Gasteiger partial charge >= 0.3 is 0 Å². The molecule has 3 nitrogen and oxygen atoms in total. The van der Waals surface area contributed by atoms with E-state index >= 15 is 0 Å². The number of benzene rings is 3. The van der Waals surface area contributed by atoms with Crippen molar-refractivity contribution in [1.29, 1.82) is 0 Å². The second-order valence-electron chi connectivity index (χ2n) is 14.3. The van der Waals surface area contributed by atoms with Crippen LogP contribution in [0.25, 0.3) is 44.3 Å². The summed E-state index contributed by atoms with van der Waals surface area (Å²) in [6.07, 6.45) is 5.49. The minimum absolute atomic E-state index is 0. The first-order valence-corrected chi connectivity index (χ1v) is 15.7. The van der Waals surface area contributed by atoms with Crippen LogP contribution in [0.1, 0.15) is 86.3 Å². The molecule has 1 aliphatic rings. The van der Waals surface area contributed by atoms with Crippen LogP contribution in [0, 0.1) is 23.8 Å². The van der Waals surface area contributed by atoms with Gasteiger partial charge in [-0.1, -0.05) is 110 Å². The fraction of sp³-hybridized carbons (Fsp3) is 0.400. The van der Waals surface area contributed by atoms with E-state index in [1.165, 1.54) is 50.2 Å². The number of hydrogen-bond donors (Lipinski definition) is 1. The minimum atomic E-state index is 0. The van der Waals surface area contributed by atoms with E-state index in [0.717, 1.165) is 17.7 Å². The van der Waals surface area contributed by atoms with E-state index in [2.05, 4.69) is 95.3 Å². The molecule has 3 aromatic carbocycles. The standard InChI is InChI=1S/C29H28N.C11H20O2.Ir/c1-18(2)14-19-15-20-12-13-30-28-24-11-10-21(29(3,4)5)17-25(24)22-8-6-7-9-23(22)26(16-19)27(20)28;1-8(2)5-10(12)7-11(13)6-9(3)4;/h6-10,12-13,15-18H,14H2,1-5H3;7-9,12H,5-6H2,1-4H3;/q-1;;/b;10-7-;. The molecule has 44 heavy (non-hydrogen) atoms. The van der Waals surface area contributed by atoms with Crippen LogP contribution in [-0.4, -0.2) is 15.9 Å². The molecule has 0 aliphatic heterocycles. The van der Waals surface area contributed by atoms with Crippen molar-refractivity contribution < 1.29 is 30.0 Å². The van der Waals surface area contributed by atoms with Crippen LogP contribution < -0.4 is 0 Å². The van der Waals surface area contributed by atoms with Gasteiger partial charge in [-0.05, 0) is 68.8 Å². The first-order valence-electron chi connectivity index (χ1n) is 15.7. The number of carbonyl (C=O) groups excluding carboxylic acids is 1. The van der Waals surface area contributed by atoms with Crippen molar-refractivity contribution in [3.05, 3.63) is 89.8 Å². The maximum absolute atomic E-state index is 11.2. The molecule has 0 saturated heterocycles. The van der Waals surface area contributed by atoms with Crippen molar-refractivity contribution in [2.75, 3.05) is 0 Å². The number of aromatic nitrogens is 1. The summed E-state index contributed by atoms with van der Waals surface area (Å²) in [6.45, 7) is 19.4. The molecular weight excluding hydrogens is 719 g/mol. The van der Waals surface area contributed by atoms with E-state index < -0.39 is 0 Å². The number of aliphatic hydroxyl groups is 1. The van der Waals surface area contributed by atoms with Crippen molar-refractivity contribution in [2.24, 2.45) is 17.8 Å². The van der Waals surface area contributed by atoms with E-state index in [1.54, 1.807) is 0 Å². The van der Waals surface area contributed by atoms with Crippen molar-refractivity contribution in [2.45, 2.75) is 87.0 Å². The Morgan fingerprint density at radius 1 is 0.864 bits per heavy atom. The third kappa shape index (κ3) is 8.55. The van der Waals surface area contributed by atoms with Gasteiger partial charge in [0.25, 0.3) is 0 Å². The van der Waals surface area contributed by atoms with Crippen LogP contribution in [0.3, 0.4) is 0 Å². The topological polar surface area (TPSA) is 50.2 Å². The van der Waals surface area contributed by atoms with E-state index in [1.807, 2.05) is 33.9 Å². The summed E-state index contributed by atoms with van der Waals surface area (Å²) in [5.74, 6) is 1.60. The molecule has 0 bridgehead atoms. The summed E-state index contributed by atoms with van der Waals surface area (Å²) in [5.41, 5.74) is 10.0. The van der Waals surface area contributed by atoms with Gasteiger partial charge in [0.15, 0.2) is 5.78 Å². The Labute approximate surface area is 278 Å². The Morgan fingerprint density at radius 3 is 2.09 bits per heavy atom. The molecule has 235 valence electrons. The summed E-state index contributed by atoms with van der Waals surface area (Å²) in [5, 5.41) is 11.9. The molecule has 1 aliphatic carbocycles. The van der Waals surface area contributed by atoms with Gasteiger partial charge in [-0.2, -0.15) is 0 Å². The van der Waals surface area contributed by atoms with E-state index in [0.29, 0.717) is 30.6 Å². The fourth-order valence-corrected chi connectivity index (χ4v) is 5.79. The van der Waals surface area contributed by atoms with Crippen LogP contribution in [-0.2, 0) is 36.7 Å². The Morgan fingerprint density at radius 2 is 1.50 bits per heavy atom. The molecule has 4 heteroatoms. The van der Waals surface area contributed by atoms with Gasteiger partial charge in [0, 0.05) is 45.2 Å². The summed E-state index contributed by atoms with van der Waals surface area (Å²) in [6, 6.07) is 23.8. The smallest absolute Gasteiger partial charge is 0.159 e. The predicted octanol–water partition coefficient (Wildman–Crippen LogP) is 10.9. The molecule has 0 spiro atoms. The molecule has 1 N–H and O–H groups in total. The third-order valence-corrected chi connectivity index (χ3v) is 7.67. The van der Waals surface area contributed by atoms with Crippen LogP contribution in [0.2, 0.25) is 0 Å². The van der Waals surface area contributed by atoms with Crippen molar-refractivity contribution >= 4 is 16.6 Å². The Bertz CT molecular complexity index is 1640. The van der Waals surface area contributed by atoms with Crippen LogP contribution in [0.4, 0.5) is 0 Å². The minimum Gasteiger partial charge on any atom is -0.512 e. The Kier molecular flexibility index (Phi) is 11.9. The van der Waals surface area contributed by atoms with Gasteiger partial charge < -0.3 is 10.1 Å². The summed E-state index contributed by atoms with van der Waals surface area (Å²) in [7, 11) is 0. The first-order chi connectivity index (χ1) is 20.2. The molecule has 1 heterocycles. The first kappa shape index (κ1) is 35.4. The number of carbonyl (C=O) groups is 1. The number of aliphatic hydroxyl groups excluding tert-OH is 1. The van der Waals surface area contributed by atoms with Crippen LogP contribution in [0.15, 0.2) is 72.6 Å². The van der Waals surface area contributed by atoms with Crippen molar-refractivity contribution in [1.82, 2.24) is 4.98 Å². The zero-order chi connectivity index (χ0) is 31.5. The van der Waals surface area contributed by atoms with Gasteiger partial charge in [0.2, 0.25) is 0 Å². The normalized spacial score (nSPS) is 12.3. The van der Waals surface area contributed by atoms with E-state index in [9.17, 15) is 9.90 Å². The number of allylic oxidation sites excluding steroid dienone is 2. The second kappa shape index (κ2) is 14.8. The number of rotatable bonds is 7. The second-order valence-corrected chi connectivity index (χ2v) is 14.3. The monoisotopic (exact) mass is 767 g/mol. The molecule has 0 unspecified atom stereocenters. The maximum Gasteiger partial charge on any atom is 0.159 e. The van der Waals surface area contributed by atoms with Crippen LogP contribution >= 0.6 is 0 Å². The number of ketones is 1. The average molecular weight is 767 g/mol. The third-order valence-electron chi connectivity index (χ3n) is 7.67. The Hall–Kier alpha value is -3.07. The molecule has 0 fully saturated rings. The number of nitrogens with zero attached hydrogens (tertiary/aromatic N) is 1. The molecule has 5 rings (SSSR count). The molecule has 0 atom stereocenters. The van der Waals surface area contributed by atoms with Crippen molar-refractivity contribution in [3.63, 3.8) is 0 Å². The maximum atomic E-state index is 11.2. The van der Waals surface area contributed by atoms with Gasteiger partial charge in [0.05, 0.1) is 5.76 Å². The number of fused-ring (bicyclic) bond motifs is 5. The van der Waals surface area contributed by atoms with Crippen LogP contribution in [0.5, 0.6) is 0 Å². The van der Waals surface area contributed by atoms with Gasteiger partial charge in [-0.25, -0.2) is 0 Å². The predicted molar refractivity (Wildman–Crippen MR) is 182 cm³/mol. The summed E-state index contributed by atoms with van der Waals surface area (Å²) >= 11 is 0. The largest absolute Gasteiger partial charge is 0.512 e. The summed E-state index contributed by atoms with van der Waals surface area (Å²) in [4.78, 5) is 16.1. The molecule has 1 radical (unpaired) electrons. The molecule has 0 amide bonds. The molecule has 0 saturated carbocycles. The van der Waals surface area contributed by atoms with Gasteiger partial charge in [-0.15, -0.1) is 29.3 Å². The fourth-order valence-electron chi connectivity index (χ4n) is 5.79. The van der Waals surface area contributed by atoms with Gasteiger partial charge in [-0.3, -0.25) is 4.79 Å². The number of hydrogen-bond acceptors (Lipinski definition) is 3. The van der Waals surface area contributed by atoms with E-state index in [-0.39, 0.29) is 37.1 Å². The zero-order valence-electron chi connectivity index (χ0n) is 27.8. The SMILES string of the molecule is CC(C)CC(=O)/C=C(\O)CC(C)C.CC(C)Cc1cc2c3c(nccc3c1)-c1[c-]cc(C(C)(C)C)cc1-c1ccccc1-2.[Ir]. The molecular formula is C40H48IrNO2-. The zero-order valence-corrected chi connectivity index (χ0v) is 30.2. The molecule has 1 aromatic heterocycles. The average Bonchev–Trinajstić information content (AvgIpc) is 3.01. The summed E-state index contributed by atoms with van der Waals surface area (Å²) < 4.78 is 0. The quantitative estimate of drug-likeness (QED) is 0.102.